The lowest BCUT2D eigenvalue weighted by Gasteiger charge is -2.31. The predicted molar refractivity (Wildman–Crippen MR) is 97.6 cm³/mol. The molecule has 0 saturated heterocycles. The maximum Gasteiger partial charge on any atom is 0.265 e. The van der Waals surface area contributed by atoms with Gasteiger partial charge in [-0.3, -0.25) is 14.6 Å². The molecule has 0 radical (unpaired) electrons. The summed E-state index contributed by atoms with van der Waals surface area (Å²) in [6, 6.07) is 12.1. The minimum absolute atomic E-state index is 0.102. The monoisotopic (exact) mass is 356 g/mol. The first-order chi connectivity index (χ1) is 12.0. The van der Waals surface area contributed by atoms with E-state index in [-0.39, 0.29) is 25.0 Å². The van der Waals surface area contributed by atoms with E-state index in [1.54, 1.807) is 42.5 Å². The molecule has 0 aromatic heterocycles. The third-order valence-electron chi connectivity index (χ3n) is 4.11. The van der Waals surface area contributed by atoms with Gasteiger partial charge in [-0.15, -0.1) is 0 Å². The lowest BCUT2D eigenvalue weighted by Crippen LogP contribution is -2.45. The minimum Gasteiger partial charge on any atom is -0.394 e. The predicted octanol–water partition coefficient (Wildman–Crippen LogP) is 2.98. The Morgan fingerprint density at radius 3 is 2.72 bits per heavy atom. The van der Waals surface area contributed by atoms with E-state index in [2.05, 4.69) is 4.99 Å². The van der Waals surface area contributed by atoms with E-state index in [0.29, 0.717) is 21.8 Å². The summed E-state index contributed by atoms with van der Waals surface area (Å²) in [5.41, 5.74) is 2.37. The highest BCUT2D eigenvalue weighted by Crippen LogP contribution is 2.33. The summed E-state index contributed by atoms with van der Waals surface area (Å²) in [5.74, 6) is -1.45. The van der Waals surface area contributed by atoms with Crippen LogP contribution in [0.2, 0.25) is 5.02 Å². The molecule has 128 valence electrons. The fourth-order valence-electron chi connectivity index (χ4n) is 2.80. The van der Waals surface area contributed by atoms with Crippen LogP contribution in [0, 0.1) is 6.92 Å². The highest BCUT2D eigenvalue weighted by atomic mass is 35.5. The molecular weight excluding hydrogens is 340 g/mol. The number of benzene rings is 2. The number of imide groups is 1. The van der Waals surface area contributed by atoms with Gasteiger partial charge < -0.3 is 5.11 Å². The van der Waals surface area contributed by atoms with E-state index in [9.17, 15) is 9.59 Å². The van der Waals surface area contributed by atoms with E-state index in [4.69, 9.17) is 16.7 Å². The van der Waals surface area contributed by atoms with Gasteiger partial charge in [-0.05, 0) is 36.2 Å². The second-order valence-corrected chi connectivity index (χ2v) is 6.16. The van der Waals surface area contributed by atoms with Gasteiger partial charge in [0.1, 0.15) is 0 Å². The molecule has 0 saturated carbocycles. The molecule has 2 aromatic carbocycles. The fourth-order valence-corrected chi connectivity index (χ4v) is 2.98. The Morgan fingerprint density at radius 2 is 2.00 bits per heavy atom. The van der Waals surface area contributed by atoms with Gasteiger partial charge in [0.25, 0.3) is 5.91 Å². The summed E-state index contributed by atoms with van der Waals surface area (Å²) >= 11 is 6.16. The molecular formula is C19H17ClN2O3. The molecule has 1 aliphatic heterocycles. The number of aliphatic hydroxyl groups is 1. The maximum atomic E-state index is 13.0. The van der Waals surface area contributed by atoms with Crippen LogP contribution in [0.3, 0.4) is 0 Å². The smallest absolute Gasteiger partial charge is 0.265 e. The topological polar surface area (TPSA) is 70.0 Å². The van der Waals surface area contributed by atoms with Crippen molar-refractivity contribution in [1.29, 1.82) is 0 Å². The first-order valence-corrected chi connectivity index (χ1v) is 8.26. The third kappa shape index (κ3) is 3.21. The Kier molecular flexibility index (Phi) is 4.97. The zero-order chi connectivity index (χ0) is 18.0. The molecule has 5 nitrogen and oxygen atoms in total. The van der Waals surface area contributed by atoms with Gasteiger partial charge in [-0.1, -0.05) is 35.9 Å². The molecule has 2 amide bonds. The molecule has 1 heterocycles. The van der Waals surface area contributed by atoms with Crippen LogP contribution in [-0.4, -0.2) is 36.3 Å². The maximum absolute atomic E-state index is 13.0. The number of hydrogen-bond donors (Lipinski definition) is 1. The van der Waals surface area contributed by atoms with Crippen LogP contribution in [-0.2, 0) is 4.79 Å². The van der Waals surface area contributed by atoms with Gasteiger partial charge in [0.2, 0.25) is 5.91 Å². The average molecular weight is 357 g/mol. The van der Waals surface area contributed by atoms with E-state index in [0.717, 1.165) is 10.5 Å². The Labute approximate surface area is 150 Å². The number of amides is 2. The Balaban J connectivity index is 2.10. The number of rotatable bonds is 4. The van der Waals surface area contributed by atoms with Crippen molar-refractivity contribution in [2.75, 3.05) is 18.1 Å². The Bertz CT molecular complexity index is 863. The molecule has 0 bridgehead atoms. The van der Waals surface area contributed by atoms with E-state index < -0.39 is 5.92 Å². The van der Waals surface area contributed by atoms with E-state index in [1.807, 2.05) is 6.92 Å². The van der Waals surface area contributed by atoms with Crippen LogP contribution in [0.1, 0.15) is 27.4 Å². The van der Waals surface area contributed by atoms with E-state index in [1.165, 1.54) is 6.21 Å². The highest BCUT2D eigenvalue weighted by molar-refractivity contribution is 6.33. The molecule has 0 fully saturated rings. The summed E-state index contributed by atoms with van der Waals surface area (Å²) < 4.78 is 0. The number of anilines is 1. The van der Waals surface area contributed by atoms with Gasteiger partial charge in [-0.2, -0.15) is 0 Å². The van der Waals surface area contributed by atoms with E-state index >= 15 is 0 Å². The molecule has 25 heavy (non-hydrogen) atoms. The number of aliphatic hydroxyl groups excluding tert-OH is 1. The fraction of sp³-hybridized carbons (Fsp3) is 0.211. The molecule has 3 rings (SSSR count). The number of carbonyl (C=O) groups is 2. The molecule has 0 spiro atoms. The van der Waals surface area contributed by atoms with Gasteiger partial charge in [0.05, 0.1) is 24.8 Å². The van der Waals surface area contributed by atoms with Crippen LogP contribution in [0.25, 0.3) is 0 Å². The van der Waals surface area contributed by atoms with Crippen LogP contribution >= 0.6 is 11.6 Å². The van der Waals surface area contributed by atoms with Crippen molar-refractivity contribution >= 4 is 35.3 Å². The van der Waals surface area contributed by atoms with Crippen LogP contribution in [0.4, 0.5) is 5.69 Å². The standard InChI is InChI=1S/C19H17ClN2O3/c1-12-6-7-13(10-17(12)20)22-18(24)15-5-3-2-4-14(15)16(19(22)25)11-21-8-9-23/h2-7,10-11,16,23H,8-9H2,1H3/t16-/m0/s1. The molecule has 0 unspecified atom stereocenters. The Hall–Kier alpha value is -2.50. The number of aryl methyl sites for hydroxylation is 1. The minimum atomic E-state index is -0.680. The largest absolute Gasteiger partial charge is 0.394 e. The van der Waals surface area contributed by atoms with Gasteiger partial charge in [0, 0.05) is 16.8 Å². The summed E-state index contributed by atoms with van der Waals surface area (Å²) in [6.07, 6.45) is 1.49. The van der Waals surface area contributed by atoms with Gasteiger partial charge in [0.15, 0.2) is 0 Å². The van der Waals surface area contributed by atoms with Crippen LogP contribution in [0.5, 0.6) is 0 Å². The molecule has 1 aliphatic rings. The van der Waals surface area contributed by atoms with Crippen LogP contribution in [0.15, 0.2) is 47.5 Å². The summed E-state index contributed by atoms with van der Waals surface area (Å²) in [6.45, 7) is 1.96. The first kappa shape index (κ1) is 17.3. The zero-order valence-electron chi connectivity index (χ0n) is 13.6. The number of hydrogen-bond acceptors (Lipinski definition) is 4. The quantitative estimate of drug-likeness (QED) is 0.676. The molecule has 0 aliphatic carbocycles. The number of nitrogens with zero attached hydrogens (tertiary/aromatic N) is 2. The summed E-state index contributed by atoms with van der Waals surface area (Å²) in [7, 11) is 0. The normalized spacial score (nSPS) is 17.2. The number of halogens is 1. The molecule has 1 atom stereocenters. The van der Waals surface area contributed by atoms with Gasteiger partial charge >= 0.3 is 0 Å². The third-order valence-corrected chi connectivity index (χ3v) is 4.52. The van der Waals surface area contributed by atoms with Crippen molar-refractivity contribution in [3.63, 3.8) is 0 Å². The summed E-state index contributed by atoms with van der Waals surface area (Å²) in [4.78, 5) is 31.1. The van der Waals surface area contributed by atoms with Crippen molar-refractivity contribution < 1.29 is 14.7 Å². The number of fused-ring (bicyclic) bond motifs is 1. The Morgan fingerprint density at radius 1 is 1.24 bits per heavy atom. The molecule has 1 N–H and O–H groups in total. The lowest BCUT2D eigenvalue weighted by molar-refractivity contribution is -0.118. The van der Waals surface area contributed by atoms with Crippen molar-refractivity contribution in [3.05, 3.63) is 64.2 Å². The van der Waals surface area contributed by atoms with Crippen LogP contribution < -0.4 is 4.90 Å². The van der Waals surface area contributed by atoms with Crippen molar-refractivity contribution in [2.24, 2.45) is 4.99 Å². The zero-order valence-corrected chi connectivity index (χ0v) is 14.4. The van der Waals surface area contributed by atoms with Crippen molar-refractivity contribution in [3.8, 4) is 0 Å². The number of aliphatic imine (C=N–C) groups is 1. The first-order valence-electron chi connectivity index (χ1n) is 7.88. The SMILES string of the molecule is Cc1ccc(N2C(=O)c3ccccc3[C@H](C=NCCO)C2=O)cc1Cl. The van der Waals surface area contributed by atoms with Crippen molar-refractivity contribution in [1.82, 2.24) is 0 Å². The molecule has 2 aromatic rings. The highest BCUT2D eigenvalue weighted by Gasteiger charge is 2.38. The number of carbonyl (C=O) groups excluding carboxylic acids is 2. The van der Waals surface area contributed by atoms with Crippen molar-refractivity contribution in [2.45, 2.75) is 12.8 Å². The van der Waals surface area contributed by atoms with Gasteiger partial charge in [-0.25, -0.2) is 4.90 Å². The summed E-state index contributed by atoms with van der Waals surface area (Å²) in [5, 5.41) is 9.40. The molecule has 6 heteroatoms. The average Bonchev–Trinajstić information content (AvgIpc) is 2.61. The lowest BCUT2D eigenvalue weighted by atomic mass is 9.89. The second kappa shape index (κ2) is 7.17. The second-order valence-electron chi connectivity index (χ2n) is 5.76.